The quantitative estimate of drug-likeness (QED) is 0.738. The summed E-state index contributed by atoms with van der Waals surface area (Å²) < 4.78 is 11.4. The number of carbonyl (C=O) groups excluding carboxylic acids is 1. The fraction of sp³-hybridized carbons (Fsp3) is 0.222. The highest BCUT2D eigenvalue weighted by Crippen LogP contribution is 2.29. The molecule has 0 saturated carbocycles. The Bertz CT molecular complexity index is 860. The molecule has 0 aliphatic carbocycles. The maximum atomic E-state index is 12.1. The number of thiazole rings is 1. The van der Waals surface area contributed by atoms with Crippen LogP contribution in [-0.4, -0.2) is 25.1 Å². The molecule has 0 unspecified atom stereocenters. The number of hydrogen-bond donors (Lipinski definition) is 1. The van der Waals surface area contributed by atoms with E-state index in [0.29, 0.717) is 18.0 Å². The molecule has 0 fully saturated rings. The summed E-state index contributed by atoms with van der Waals surface area (Å²) >= 11 is 1.44. The summed E-state index contributed by atoms with van der Waals surface area (Å²) in [4.78, 5) is 16.6. The Morgan fingerprint density at radius 3 is 2.71 bits per heavy atom. The molecule has 5 nitrogen and oxygen atoms in total. The molecule has 0 saturated heterocycles. The lowest BCUT2D eigenvalue weighted by molar-refractivity contribution is -0.116. The molecular formula is C18H18N2O3S. The molecule has 6 heteroatoms. The number of nitrogens with one attached hydrogen (secondary N) is 1. The van der Waals surface area contributed by atoms with Gasteiger partial charge in [0.1, 0.15) is 11.5 Å². The number of ether oxygens (including phenoxy) is 2. The number of aryl methyl sites for hydroxylation is 1. The van der Waals surface area contributed by atoms with E-state index < -0.39 is 0 Å². The SMILES string of the molecule is COc1cccc(CCC(=O)Nc2nc3ccc(OC)cc3s2)c1. The number of benzene rings is 2. The van der Waals surface area contributed by atoms with Gasteiger partial charge in [-0.25, -0.2) is 4.98 Å². The predicted molar refractivity (Wildman–Crippen MR) is 96.1 cm³/mol. The average molecular weight is 342 g/mol. The van der Waals surface area contributed by atoms with E-state index in [1.54, 1.807) is 14.2 Å². The van der Waals surface area contributed by atoms with Crippen molar-refractivity contribution >= 4 is 32.6 Å². The van der Waals surface area contributed by atoms with E-state index >= 15 is 0 Å². The minimum absolute atomic E-state index is 0.0520. The highest BCUT2D eigenvalue weighted by molar-refractivity contribution is 7.22. The average Bonchev–Trinajstić information content (AvgIpc) is 3.01. The number of rotatable bonds is 6. The van der Waals surface area contributed by atoms with Crippen LogP contribution in [0.3, 0.4) is 0 Å². The highest BCUT2D eigenvalue weighted by atomic mass is 32.1. The van der Waals surface area contributed by atoms with Gasteiger partial charge in [0.05, 0.1) is 24.4 Å². The van der Waals surface area contributed by atoms with Gasteiger partial charge in [-0.05, 0) is 42.3 Å². The summed E-state index contributed by atoms with van der Waals surface area (Å²) in [6, 6.07) is 13.4. The molecule has 0 bridgehead atoms. The fourth-order valence-corrected chi connectivity index (χ4v) is 3.26. The number of fused-ring (bicyclic) bond motifs is 1. The molecule has 124 valence electrons. The molecule has 0 aliphatic heterocycles. The molecule has 0 spiro atoms. The van der Waals surface area contributed by atoms with Gasteiger partial charge in [0.2, 0.25) is 5.91 Å². The second-order valence-electron chi connectivity index (χ2n) is 5.25. The Hall–Kier alpha value is -2.60. The maximum Gasteiger partial charge on any atom is 0.226 e. The van der Waals surface area contributed by atoms with E-state index in [4.69, 9.17) is 9.47 Å². The van der Waals surface area contributed by atoms with Crippen LogP contribution in [0.2, 0.25) is 0 Å². The van der Waals surface area contributed by atoms with Gasteiger partial charge in [-0.1, -0.05) is 23.5 Å². The third kappa shape index (κ3) is 3.83. The van der Waals surface area contributed by atoms with Crippen LogP contribution in [0, 0.1) is 0 Å². The van der Waals surface area contributed by atoms with Crippen molar-refractivity contribution in [1.82, 2.24) is 4.98 Å². The molecule has 1 amide bonds. The molecule has 1 aromatic heterocycles. The van der Waals surface area contributed by atoms with Gasteiger partial charge in [0, 0.05) is 6.42 Å². The Kier molecular flexibility index (Phi) is 4.96. The zero-order valence-corrected chi connectivity index (χ0v) is 14.4. The zero-order valence-electron chi connectivity index (χ0n) is 13.5. The van der Waals surface area contributed by atoms with Gasteiger partial charge in [0.25, 0.3) is 0 Å². The Morgan fingerprint density at radius 1 is 1.12 bits per heavy atom. The van der Waals surface area contributed by atoms with Gasteiger partial charge < -0.3 is 14.8 Å². The van der Waals surface area contributed by atoms with E-state index in [0.717, 1.165) is 27.3 Å². The summed E-state index contributed by atoms with van der Waals surface area (Å²) in [5, 5.41) is 3.47. The van der Waals surface area contributed by atoms with E-state index in [-0.39, 0.29) is 5.91 Å². The molecule has 0 aliphatic rings. The lowest BCUT2D eigenvalue weighted by atomic mass is 10.1. The van der Waals surface area contributed by atoms with Crippen LogP contribution in [0.25, 0.3) is 10.2 Å². The van der Waals surface area contributed by atoms with Crippen molar-refractivity contribution in [2.75, 3.05) is 19.5 Å². The predicted octanol–water partition coefficient (Wildman–Crippen LogP) is 3.88. The molecule has 1 heterocycles. The molecule has 3 rings (SSSR count). The normalized spacial score (nSPS) is 10.6. The van der Waals surface area contributed by atoms with E-state index in [9.17, 15) is 4.79 Å². The summed E-state index contributed by atoms with van der Waals surface area (Å²) in [6.07, 6.45) is 1.05. The summed E-state index contributed by atoms with van der Waals surface area (Å²) in [7, 11) is 3.26. The summed E-state index contributed by atoms with van der Waals surface area (Å²) in [5.74, 6) is 1.53. The topological polar surface area (TPSA) is 60.5 Å². The van der Waals surface area contributed by atoms with Crippen LogP contribution in [0.15, 0.2) is 42.5 Å². The molecule has 0 atom stereocenters. The first-order chi connectivity index (χ1) is 11.7. The number of carbonyl (C=O) groups is 1. The van der Waals surface area contributed by atoms with Crippen molar-refractivity contribution in [2.24, 2.45) is 0 Å². The van der Waals surface area contributed by atoms with Crippen LogP contribution in [0.1, 0.15) is 12.0 Å². The number of methoxy groups -OCH3 is 2. The minimum atomic E-state index is -0.0520. The van der Waals surface area contributed by atoms with Crippen molar-refractivity contribution < 1.29 is 14.3 Å². The van der Waals surface area contributed by atoms with Crippen LogP contribution in [0.4, 0.5) is 5.13 Å². The largest absolute Gasteiger partial charge is 0.497 e. The molecular weight excluding hydrogens is 324 g/mol. The first-order valence-corrected chi connectivity index (χ1v) is 8.37. The summed E-state index contributed by atoms with van der Waals surface area (Å²) in [5.41, 5.74) is 1.92. The van der Waals surface area contributed by atoms with Gasteiger partial charge in [-0.2, -0.15) is 0 Å². The van der Waals surface area contributed by atoms with Gasteiger partial charge in [0.15, 0.2) is 5.13 Å². The van der Waals surface area contributed by atoms with Crippen molar-refractivity contribution in [2.45, 2.75) is 12.8 Å². The maximum absolute atomic E-state index is 12.1. The minimum Gasteiger partial charge on any atom is -0.497 e. The van der Waals surface area contributed by atoms with Crippen molar-refractivity contribution in [3.8, 4) is 11.5 Å². The van der Waals surface area contributed by atoms with Crippen LogP contribution in [-0.2, 0) is 11.2 Å². The first kappa shape index (κ1) is 16.3. The number of hydrogen-bond acceptors (Lipinski definition) is 5. The van der Waals surface area contributed by atoms with Gasteiger partial charge in [-0.15, -0.1) is 0 Å². The van der Waals surface area contributed by atoms with Crippen LogP contribution < -0.4 is 14.8 Å². The third-order valence-electron chi connectivity index (χ3n) is 3.62. The van der Waals surface area contributed by atoms with E-state index in [2.05, 4.69) is 10.3 Å². The molecule has 2 aromatic carbocycles. The van der Waals surface area contributed by atoms with Crippen molar-refractivity contribution in [1.29, 1.82) is 0 Å². The number of aromatic nitrogens is 1. The third-order valence-corrected chi connectivity index (χ3v) is 4.55. The zero-order chi connectivity index (χ0) is 16.9. The Balaban J connectivity index is 1.62. The standard InChI is InChI=1S/C18H18N2O3S/c1-22-13-5-3-4-12(10-13)6-9-17(21)20-18-19-15-8-7-14(23-2)11-16(15)24-18/h3-5,7-8,10-11H,6,9H2,1-2H3,(H,19,20,21). The van der Waals surface area contributed by atoms with Crippen LogP contribution >= 0.6 is 11.3 Å². The second-order valence-corrected chi connectivity index (χ2v) is 6.28. The monoisotopic (exact) mass is 342 g/mol. The van der Waals surface area contributed by atoms with E-state index in [1.807, 2.05) is 42.5 Å². The van der Waals surface area contributed by atoms with Crippen LogP contribution in [0.5, 0.6) is 11.5 Å². The fourth-order valence-electron chi connectivity index (χ4n) is 2.35. The first-order valence-electron chi connectivity index (χ1n) is 7.55. The smallest absolute Gasteiger partial charge is 0.226 e. The lowest BCUT2D eigenvalue weighted by Crippen LogP contribution is -2.12. The summed E-state index contributed by atoms with van der Waals surface area (Å²) in [6.45, 7) is 0. The van der Waals surface area contributed by atoms with Gasteiger partial charge >= 0.3 is 0 Å². The molecule has 0 radical (unpaired) electrons. The van der Waals surface area contributed by atoms with Crippen molar-refractivity contribution in [3.05, 3.63) is 48.0 Å². The number of nitrogens with zero attached hydrogens (tertiary/aromatic N) is 1. The number of anilines is 1. The van der Waals surface area contributed by atoms with E-state index in [1.165, 1.54) is 11.3 Å². The van der Waals surface area contributed by atoms with Crippen molar-refractivity contribution in [3.63, 3.8) is 0 Å². The lowest BCUT2D eigenvalue weighted by Gasteiger charge is -2.04. The Morgan fingerprint density at radius 2 is 1.92 bits per heavy atom. The molecule has 24 heavy (non-hydrogen) atoms. The second kappa shape index (κ2) is 7.31. The molecule has 1 N–H and O–H groups in total. The molecule has 3 aromatic rings. The highest BCUT2D eigenvalue weighted by Gasteiger charge is 2.09. The Labute approximate surface area is 144 Å². The van der Waals surface area contributed by atoms with Gasteiger partial charge in [-0.3, -0.25) is 4.79 Å². The number of amides is 1.